The van der Waals surface area contributed by atoms with Gasteiger partial charge in [-0.2, -0.15) is 0 Å². The zero-order chi connectivity index (χ0) is 20.5. The average Bonchev–Trinajstić information content (AvgIpc) is 3.04. The Morgan fingerprint density at radius 1 is 0.967 bits per heavy atom. The van der Waals surface area contributed by atoms with Gasteiger partial charge in [-0.3, -0.25) is 4.79 Å². The van der Waals surface area contributed by atoms with Crippen LogP contribution in [-0.4, -0.2) is 16.5 Å². The largest absolute Gasteiger partial charge is 0.380 e. The van der Waals surface area contributed by atoms with Gasteiger partial charge in [0.15, 0.2) is 0 Å². The summed E-state index contributed by atoms with van der Waals surface area (Å²) in [5, 5.41) is 7.86. The molecule has 30 heavy (non-hydrogen) atoms. The summed E-state index contributed by atoms with van der Waals surface area (Å²) in [6.45, 7) is 2.94. The van der Waals surface area contributed by atoms with E-state index in [4.69, 9.17) is 0 Å². The summed E-state index contributed by atoms with van der Waals surface area (Å²) in [5.41, 5.74) is 6.69. The molecular formula is C26H25N3O. The summed E-state index contributed by atoms with van der Waals surface area (Å²) in [6.07, 6.45) is 1.42. The van der Waals surface area contributed by atoms with Crippen LogP contribution in [0.3, 0.4) is 0 Å². The Labute approximate surface area is 176 Å². The number of benzene rings is 3. The van der Waals surface area contributed by atoms with Gasteiger partial charge in [0.05, 0.1) is 17.1 Å². The molecule has 0 unspecified atom stereocenters. The van der Waals surface area contributed by atoms with Gasteiger partial charge in [0.25, 0.3) is 0 Å². The Morgan fingerprint density at radius 2 is 1.77 bits per heavy atom. The number of aromatic nitrogens is 1. The topological polar surface area (TPSA) is 46.1 Å². The zero-order valence-corrected chi connectivity index (χ0v) is 17.1. The van der Waals surface area contributed by atoms with E-state index in [1.807, 2.05) is 12.1 Å². The molecule has 2 N–H and O–H groups in total. The molecule has 1 aromatic heterocycles. The van der Waals surface area contributed by atoms with E-state index >= 15 is 0 Å². The molecule has 1 amide bonds. The van der Waals surface area contributed by atoms with Gasteiger partial charge in [0, 0.05) is 35.5 Å². The molecule has 150 valence electrons. The minimum Gasteiger partial charge on any atom is -0.380 e. The summed E-state index contributed by atoms with van der Waals surface area (Å²) >= 11 is 0. The van der Waals surface area contributed by atoms with Gasteiger partial charge in [-0.1, -0.05) is 60.7 Å². The van der Waals surface area contributed by atoms with Crippen molar-refractivity contribution >= 4 is 28.2 Å². The Kier molecular flexibility index (Phi) is 4.75. The van der Waals surface area contributed by atoms with Crippen LogP contribution in [0, 0.1) is 0 Å². The minimum absolute atomic E-state index is 0.0514. The summed E-state index contributed by atoms with van der Waals surface area (Å²) in [6, 6.07) is 27.6. The molecule has 4 nitrogen and oxygen atoms in total. The van der Waals surface area contributed by atoms with Gasteiger partial charge >= 0.3 is 0 Å². The van der Waals surface area contributed by atoms with Crippen LogP contribution >= 0.6 is 0 Å². The van der Waals surface area contributed by atoms with Crippen molar-refractivity contribution in [2.45, 2.75) is 32.4 Å². The van der Waals surface area contributed by atoms with Crippen LogP contribution in [-0.2, 0) is 17.8 Å². The lowest BCUT2D eigenvalue weighted by Gasteiger charge is -2.18. The highest BCUT2D eigenvalue weighted by molar-refractivity contribution is 6.01. The van der Waals surface area contributed by atoms with Gasteiger partial charge in [-0.05, 0) is 37.1 Å². The molecule has 0 saturated heterocycles. The molecule has 0 aliphatic carbocycles. The number of nitrogens with zero attached hydrogens (tertiary/aromatic N) is 1. The summed E-state index contributed by atoms with van der Waals surface area (Å²) in [7, 11) is 0. The molecule has 1 aliphatic heterocycles. The summed E-state index contributed by atoms with van der Waals surface area (Å²) in [5.74, 6) is 0.0514. The van der Waals surface area contributed by atoms with Crippen molar-refractivity contribution < 1.29 is 4.79 Å². The average molecular weight is 396 g/mol. The first kappa shape index (κ1) is 18.5. The number of rotatable bonds is 4. The second-order valence-corrected chi connectivity index (χ2v) is 8.00. The third kappa shape index (κ3) is 3.45. The lowest BCUT2D eigenvalue weighted by atomic mass is 10.1. The van der Waals surface area contributed by atoms with Crippen LogP contribution < -0.4 is 10.6 Å². The van der Waals surface area contributed by atoms with E-state index in [0.29, 0.717) is 6.42 Å². The number of carbonyl (C=O) groups excluding carboxylic acids is 1. The van der Waals surface area contributed by atoms with E-state index in [2.05, 4.69) is 88.9 Å². The van der Waals surface area contributed by atoms with Crippen LogP contribution in [0.5, 0.6) is 0 Å². The first-order valence-corrected chi connectivity index (χ1v) is 10.5. The molecular weight excluding hydrogens is 370 g/mol. The number of fused-ring (bicyclic) bond motifs is 2. The third-order valence-corrected chi connectivity index (χ3v) is 5.77. The monoisotopic (exact) mass is 395 g/mol. The maximum atomic E-state index is 12.2. The van der Waals surface area contributed by atoms with E-state index in [0.717, 1.165) is 29.9 Å². The molecule has 1 aliphatic rings. The number of anilines is 2. The Hall–Kier alpha value is -3.53. The molecule has 3 aromatic carbocycles. The van der Waals surface area contributed by atoms with E-state index < -0.39 is 0 Å². The fourth-order valence-corrected chi connectivity index (χ4v) is 4.36. The maximum Gasteiger partial charge on any atom is 0.226 e. The van der Waals surface area contributed by atoms with Crippen LogP contribution in [0.15, 0.2) is 78.9 Å². The standard InChI is InChI=1S/C26H25N3O/c1-18-16-25(30)28-22-12-7-11-21(26(22)27-18)24-17-20-10-5-6-13-23(20)29(24)15-14-19-8-3-2-4-9-19/h2-13,17-18,27H,14-16H2,1H3,(H,28,30)/t18-/m1/s1. The molecule has 4 heteroatoms. The molecule has 0 spiro atoms. The predicted octanol–water partition coefficient (Wildman–Crippen LogP) is 5.69. The number of hydrogen-bond acceptors (Lipinski definition) is 2. The second kappa shape index (κ2) is 7.71. The van der Waals surface area contributed by atoms with E-state index in [-0.39, 0.29) is 11.9 Å². The highest BCUT2D eigenvalue weighted by Gasteiger charge is 2.22. The predicted molar refractivity (Wildman–Crippen MR) is 124 cm³/mol. The van der Waals surface area contributed by atoms with Gasteiger partial charge in [-0.15, -0.1) is 0 Å². The SMILES string of the molecule is C[C@@H]1CC(=O)Nc2cccc(-c3cc4ccccc4n3CCc3ccccc3)c2N1. The quantitative estimate of drug-likeness (QED) is 0.466. The smallest absolute Gasteiger partial charge is 0.226 e. The fourth-order valence-electron chi connectivity index (χ4n) is 4.36. The van der Waals surface area contributed by atoms with E-state index in [1.165, 1.54) is 22.2 Å². The van der Waals surface area contributed by atoms with E-state index in [1.54, 1.807) is 0 Å². The van der Waals surface area contributed by atoms with Crippen LogP contribution in [0.4, 0.5) is 11.4 Å². The van der Waals surface area contributed by atoms with Gasteiger partial charge in [-0.25, -0.2) is 0 Å². The molecule has 1 atom stereocenters. The van der Waals surface area contributed by atoms with Gasteiger partial charge < -0.3 is 15.2 Å². The van der Waals surface area contributed by atoms with Crippen LogP contribution in [0.2, 0.25) is 0 Å². The first-order valence-electron chi connectivity index (χ1n) is 10.5. The van der Waals surface area contributed by atoms with Crippen molar-refractivity contribution in [3.63, 3.8) is 0 Å². The van der Waals surface area contributed by atoms with Crippen molar-refractivity contribution in [3.8, 4) is 11.3 Å². The molecule has 5 rings (SSSR count). The van der Waals surface area contributed by atoms with Gasteiger partial charge in [0.1, 0.15) is 0 Å². The van der Waals surface area contributed by atoms with Crippen molar-refractivity contribution in [1.29, 1.82) is 0 Å². The fraction of sp³-hybridized carbons (Fsp3) is 0.192. The Bertz CT molecular complexity index is 1210. The normalized spacial score (nSPS) is 15.9. The van der Waals surface area contributed by atoms with Crippen LogP contribution in [0.1, 0.15) is 18.9 Å². The molecule has 0 saturated carbocycles. The van der Waals surface area contributed by atoms with Crippen molar-refractivity contribution in [2.24, 2.45) is 0 Å². The summed E-state index contributed by atoms with van der Waals surface area (Å²) < 4.78 is 2.40. The molecule has 0 fully saturated rings. The van der Waals surface area contributed by atoms with Crippen molar-refractivity contribution in [2.75, 3.05) is 10.6 Å². The zero-order valence-electron chi connectivity index (χ0n) is 17.1. The number of aryl methyl sites for hydroxylation is 2. The second-order valence-electron chi connectivity index (χ2n) is 8.00. The highest BCUT2D eigenvalue weighted by Crippen LogP contribution is 2.39. The Morgan fingerprint density at radius 3 is 2.63 bits per heavy atom. The van der Waals surface area contributed by atoms with Crippen molar-refractivity contribution in [3.05, 3.63) is 84.4 Å². The van der Waals surface area contributed by atoms with Gasteiger partial charge in [0.2, 0.25) is 5.91 Å². The molecule has 4 aromatic rings. The number of para-hydroxylation sites is 2. The number of amides is 1. The molecule has 2 heterocycles. The van der Waals surface area contributed by atoms with Crippen molar-refractivity contribution in [1.82, 2.24) is 4.57 Å². The maximum absolute atomic E-state index is 12.2. The minimum atomic E-state index is 0.0514. The number of nitrogens with one attached hydrogen (secondary N) is 2. The lowest BCUT2D eigenvalue weighted by molar-refractivity contribution is -0.116. The lowest BCUT2D eigenvalue weighted by Crippen LogP contribution is -2.19. The summed E-state index contributed by atoms with van der Waals surface area (Å²) in [4.78, 5) is 12.2. The molecule has 0 radical (unpaired) electrons. The Balaban J connectivity index is 1.63. The van der Waals surface area contributed by atoms with Crippen LogP contribution in [0.25, 0.3) is 22.2 Å². The third-order valence-electron chi connectivity index (χ3n) is 5.77. The number of carbonyl (C=O) groups is 1. The number of hydrogen-bond donors (Lipinski definition) is 2. The highest BCUT2D eigenvalue weighted by atomic mass is 16.1. The first-order chi connectivity index (χ1) is 14.7. The molecule has 0 bridgehead atoms. The van der Waals surface area contributed by atoms with E-state index in [9.17, 15) is 4.79 Å².